The molecule has 0 aromatic heterocycles. The molecular weight excluding hydrogens is 248 g/mol. The third kappa shape index (κ3) is 4.66. The molecule has 2 saturated heterocycles. The Morgan fingerprint density at radius 2 is 1.84 bits per heavy atom. The Labute approximate surface area is 114 Å². The predicted molar refractivity (Wildman–Crippen MR) is 69.0 cm³/mol. The monoisotopic (exact) mass is 272 g/mol. The molecular formula is C14H24O5. The molecule has 3 atom stereocenters. The van der Waals surface area contributed by atoms with E-state index in [2.05, 4.69) is 13.8 Å². The van der Waals surface area contributed by atoms with Gasteiger partial charge in [-0.3, -0.25) is 0 Å². The highest BCUT2D eigenvalue weighted by Crippen LogP contribution is 2.40. The van der Waals surface area contributed by atoms with Gasteiger partial charge in [0, 0.05) is 0 Å². The predicted octanol–water partition coefficient (Wildman–Crippen LogP) is 2.66. The summed E-state index contributed by atoms with van der Waals surface area (Å²) in [6.07, 6.45) is 1.89. The summed E-state index contributed by atoms with van der Waals surface area (Å²) in [5, 5.41) is 0. The van der Waals surface area contributed by atoms with Crippen molar-refractivity contribution >= 4 is 6.16 Å². The Hall–Kier alpha value is -0.810. The van der Waals surface area contributed by atoms with Crippen LogP contribution in [0.25, 0.3) is 0 Å². The Morgan fingerprint density at radius 1 is 1.21 bits per heavy atom. The van der Waals surface area contributed by atoms with Crippen molar-refractivity contribution in [3.63, 3.8) is 0 Å². The molecule has 0 amide bonds. The van der Waals surface area contributed by atoms with Crippen molar-refractivity contribution in [2.24, 2.45) is 0 Å². The maximum Gasteiger partial charge on any atom is 0.508 e. The molecule has 2 rings (SSSR count). The van der Waals surface area contributed by atoms with Gasteiger partial charge >= 0.3 is 6.16 Å². The lowest BCUT2D eigenvalue weighted by molar-refractivity contribution is -0.00947. The van der Waals surface area contributed by atoms with E-state index in [1.165, 1.54) is 0 Å². The third-order valence-corrected chi connectivity index (χ3v) is 3.32. The first-order chi connectivity index (χ1) is 8.67. The maximum atomic E-state index is 11.3. The van der Waals surface area contributed by atoms with Crippen LogP contribution in [-0.2, 0) is 18.9 Å². The Balaban J connectivity index is 1.54. The Morgan fingerprint density at radius 3 is 2.37 bits per heavy atom. The van der Waals surface area contributed by atoms with Crippen molar-refractivity contribution in [3.05, 3.63) is 0 Å². The smallest absolute Gasteiger partial charge is 0.431 e. The number of hydrogen-bond acceptors (Lipinski definition) is 5. The van der Waals surface area contributed by atoms with Gasteiger partial charge in [-0.05, 0) is 47.5 Å². The van der Waals surface area contributed by atoms with Gasteiger partial charge in [-0.25, -0.2) is 4.79 Å². The Kier molecular flexibility index (Phi) is 3.80. The highest BCUT2D eigenvalue weighted by atomic mass is 16.7. The normalized spacial score (nSPS) is 31.7. The van der Waals surface area contributed by atoms with Gasteiger partial charge in [-0.1, -0.05) is 0 Å². The molecule has 110 valence electrons. The van der Waals surface area contributed by atoms with Crippen LogP contribution in [-0.4, -0.2) is 42.3 Å². The van der Waals surface area contributed by atoms with Gasteiger partial charge < -0.3 is 18.9 Å². The molecule has 2 aliphatic heterocycles. The molecule has 1 unspecified atom stereocenters. The van der Waals surface area contributed by atoms with Crippen molar-refractivity contribution in [2.75, 3.05) is 6.61 Å². The van der Waals surface area contributed by atoms with Gasteiger partial charge in [0.05, 0.1) is 17.8 Å². The first-order valence-corrected chi connectivity index (χ1v) is 6.86. The van der Waals surface area contributed by atoms with Crippen LogP contribution in [0.15, 0.2) is 0 Å². The zero-order valence-corrected chi connectivity index (χ0v) is 12.4. The minimum atomic E-state index is -0.631. The fourth-order valence-electron chi connectivity index (χ4n) is 2.06. The first kappa shape index (κ1) is 14.6. The van der Waals surface area contributed by atoms with Crippen molar-refractivity contribution in [1.29, 1.82) is 0 Å². The van der Waals surface area contributed by atoms with Crippen LogP contribution < -0.4 is 0 Å². The molecule has 0 aliphatic carbocycles. The van der Waals surface area contributed by atoms with E-state index in [-0.39, 0.29) is 24.4 Å². The molecule has 0 spiro atoms. The quantitative estimate of drug-likeness (QED) is 0.569. The molecule has 0 saturated carbocycles. The molecule has 19 heavy (non-hydrogen) atoms. The van der Waals surface area contributed by atoms with Gasteiger partial charge in [0.25, 0.3) is 0 Å². The Bertz CT molecular complexity index is 344. The van der Waals surface area contributed by atoms with Crippen molar-refractivity contribution in [2.45, 2.75) is 77.0 Å². The topological polar surface area (TPSA) is 60.6 Å². The molecule has 0 radical (unpaired) electrons. The number of rotatable bonds is 5. The van der Waals surface area contributed by atoms with Crippen LogP contribution in [0.2, 0.25) is 0 Å². The number of carbonyl (C=O) groups excluding carboxylic acids is 1. The molecule has 2 fully saturated rings. The summed E-state index contributed by atoms with van der Waals surface area (Å²) in [4.78, 5) is 11.3. The number of carbonyl (C=O) groups is 1. The lowest BCUT2D eigenvalue weighted by Crippen LogP contribution is -2.25. The highest BCUT2D eigenvalue weighted by molar-refractivity contribution is 5.60. The van der Waals surface area contributed by atoms with Crippen LogP contribution in [0.5, 0.6) is 0 Å². The molecule has 5 heteroatoms. The average Bonchev–Trinajstić information content (AvgIpc) is 3.08. The summed E-state index contributed by atoms with van der Waals surface area (Å²) in [5.41, 5.74) is -0.479. The molecule has 0 aromatic rings. The SMILES string of the molecule is CC(C)(C)OC(=O)OC[C@H]1OC1CC[C@H]1OC1(C)C. The van der Waals surface area contributed by atoms with Gasteiger partial charge in [-0.2, -0.15) is 0 Å². The summed E-state index contributed by atoms with van der Waals surface area (Å²) < 4.78 is 21.0. The van der Waals surface area contributed by atoms with Gasteiger partial charge in [0.1, 0.15) is 18.3 Å². The molecule has 2 aliphatic rings. The number of hydrogen-bond donors (Lipinski definition) is 0. The summed E-state index contributed by atoms with van der Waals surface area (Å²) in [5.74, 6) is 0. The summed E-state index contributed by atoms with van der Waals surface area (Å²) in [7, 11) is 0. The molecule has 0 aromatic carbocycles. The van der Waals surface area contributed by atoms with Crippen molar-refractivity contribution < 1.29 is 23.7 Å². The summed E-state index contributed by atoms with van der Waals surface area (Å²) >= 11 is 0. The third-order valence-electron chi connectivity index (χ3n) is 3.32. The van der Waals surface area contributed by atoms with E-state index in [1.54, 1.807) is 0 Å². The fourth-order valence-corrected chi connectivity index (χ4v) is 2.06. The van der Waals surface area contributed by atoms with E-state index >= 15 is 0 Å². The lowest BCUT2D eigenvalue weighted by atomic mass is 10.0. The van der Waals surface area contributed by atoms with E-state index in [0.717, 1.165) is 12.8 Å². The second kappa shape index (κ2) is 4.94. The van der Waals surface area contributed by atoms with Crippen molar-refractivity contribution in [3.8, 4) is 0 Å². The van der Waals surface area contributed by atoms with Crippen LogP contribution in [0.3, 0.4) is 0 Å². The van der Waals surface area contributed by atoms with E-state index in [9.17, 15) is 4.79 Å². The zero-order chi connectivity index (χ0) is 14.3. The number of epoxide rings is 2. The largest absolute Gasteiger partial charge is 0.508 e. The highest BCUT2D eigenvalue weighted by Gasteiger charge is 2.49. The maximum absolute atomic E-state index is 11.3. The summed E-state index contributed by atoms with van der Waals surface area (Å²) in [6.45, 7) is 9.88. The first-order valence-electron chi connectivity index (χ1n) is 6.86. The molecule has 0 bridgehead atoms. The average molecular weight is 272 g/mol. The van der Waals surface area contributed by atoms with Crippen LogP contribution >= 0.6 is 0 Å². The molecule has 2 heterocycles. The fraction of sp³-hybridized carbons (Fsp3) is 0.929. The minimum absolute atomic E-state index is 0.0226. The van der Waals surface area contributed by atoms with Crippen LogP contribution in [0.4, 0.5) is 4.79 Å². The number of ether oxygens (including phenoxy) is 4. The van der Waals surface area contributed by atoms with Crippen LogP contribution in [0, 0.1) is 0 Å². The van der Waals surface area contributed by atoms with E-state index in [0.29, 0.717) is 6.10 Å². The molecule has 0 N–H and O–H groups in total. The van der Waals surface area contributed by atoms with Crippen LogP contribution in [0.1, 0.15) is 47.5 Å². The van der Waals surface area contributed by atoms with E-state index in [4.69, 9.17) is 18.9 Å². The van der Waals surface area contributed by atoms with Crippen molar-refractivity contribution in [1.82, 2.24) is 0 Å². The minimum Gasteiger partial charge on any atom is -0.431 e. The summed E-state index contributed by atoms with van der Waals surface area (Å²) in [6, 6.07) is 0. The second-order valence-electron chi connectivity index (χ2n) is 6.78. The van der Waals surface area contributed by atoms with E-state index < -0.39 is 11.8 Å². The zero-order valence-electron chi connectivity index (χ0n) is 12.4. The van der Waals surface area contributed by atoms with Gasteiger partial charge in [0.2, 0.25) is 0 Å². The second-order valence-corrected chi connectivity index (χ2v) is 6.78. The molecule has 5 nitrogen and oxygen atoms in total. The van der Waals surface area contributed by atoms with Gasteiger partial charge in [-0.15, -0.1) is 0 Å². The standard InChI is InChI=1S/C14H24O5/c1-13(2,3)19-12(15)16-8-10-9(17-10)6-7-11-14(4,5)18-11/h9-11H,6-8H2,1-5H3/t9?,10-,11-/m1/s1. The van der Waals surface area contributed by atoms with Gasteiger partial charge in [0.15, 0.2) is 0 Å². The lowest BCUT2D eigenvalue weighted by Gasteiger charge is -2.18. The van der Waals surface area contributed by atoms with E-state index in [1.807, 2.05) is 20.8 Å².